The second-order valence-corrected chi connectivity index (χ2v) is 16.5. The third kappa shape index (κ3) is 7.07. The molecule has 1 aromatic heterocycles. The second-order valence-electron chi connectivity index (χ2n) is 10.1. The van der Waals surface area contributed by atoms with E-state index in [1.165, 1.54) is 16.8 Å². The van der Waals surface area contributed by atoms with Crippen molar-refractivity contribution in [3.8, 4) is 0 Å². The summed E-state index contributed by atoms with van der Waals surface area (Å²) in [6, 6.07) is 10.0. The van der Waals surface area contributed by atoms with Crippen LogP contribution in [0.25, 0.3) is 0 Å². The molecule has 1 fully saturated rings. The van der Waals surface area contributed by atoms with E-state index in [4.69, 9.17) is 13.3 Å². The Balaban J connectivity index is 1.76. The molecular formula is C23H33N3O7SSi. The van der Waals surface area contributed by atoms with Gasteiger partial charge >= 0.3 is 5.69 Å². The second kappa shape index (κ2) is 10.3. The zero-order valence-electron chi connectivity index (χ0n) is 20.8. The first kappa shape index (κ1) is 27.2. The van der Waals surface area contributed by atoms with Crippen molar-refractivity contribution >= 4 is 30.2 Å². The van der Waals surface area contributed by atoms with Crippen LogP contribution >= 0.6 is 0 Å². The van der Waals surface area contributed by atoms with Gasteiger partial charge in [-0.2, -0.15) is 13.4 Å². The molecule has 3 atom stereocenters. The van der Waals surface area contributed by atoms with Gasteiger partial charge in [0.25, 0.3) is 16.0 Å². The Hall–Kier alpha value is -2.38. The molecule has 0 saturated carbocycles. The topological polar surface area (TPSA) is 126 Å². The number of hydrogen-bond acceptors (Lipinski definition) is 8. The van der Waals surface area contributed by atoms with Crippen LogP contribution in [-0.2, 0) is 23.5 Å². The fourth-order valence-corrected chi connectivity index (χ4v) is 5.00. The standard InChI is InChI=1S/C23H33N3O7SSi/c1-23(2,3)35(5,6)31-15-18-17(33-34(4,29)30)14-20(32-18)26-13-12-19(25-22(26)28)24-21(27)16-10-8-7-9-11-16/h7-13,17-18,20H,14-15H2,1-6H3,(H,24,25,27,28)/t17-,18+,20-/m0/s1. The van der Waals surface area contributed by atoms with Crippen LogP contribution in [0.4, 0.5) is 5.82 Å². The van der Waals surface area contributed by atoms with Gasteiger partial charge in [-0.05, 0) is 36.3 Å². The fourth-order valence-electron chi connectivity index (χ4n) is 3.33. The van der Waals surface area contributed by atoms with Gasteiger partial charge in [0.15, 0.2) is 8.32 Å². The third-order valence-electron chi connectivity index (χ3n) is 6.31. The molecule has 2 aromatic rings. The van der Waals surface area contributed by atoms with Crippen LogP contribution in [0.15, 0.2) is 47.4 Å². The first-order valence-electron chi connectivity index (χ1n) is 11.3. The van der Waals surface area contributed by atoms with Gasteiger partial charge in [0.05, 0.1) is 12.9 Å². The van der Waals surface area contributed by atoms with Gasteiger partial charge in [0, 0.05) is 18.2 Å². The zero-order chi connectivity index (χ0) is 26.0. The van der Waals surface area contributed by atoms with Gasteiger partial charge in [-0.15, -0.1) is 0 Å². The quantitative estimate of drug-likeness (QED) is 0.413. The smallest absolute Gasteiger partial charge is 0.351 e. The lowest BCUT2D eigenvalue weighted by Gasteiger charge is -2.37. The Morgan fingerprint density at radius 1 is 1.23 bits per heavy atom. The molecule has 0 aliphatic carbocycles. The summed E-state index contributed by atoms with van der Waals surface area (Å²) in [6.07, 6.45) is 0.251. The van der Waals surface area contributed by atoms with Crippen molar-refractivity contribution < 1.29 is 26.6 Å². The number of anilines is 1. The minimum Gasteiger partial charge on any atom is -0.414 e. The maximum Gasteiger partial charge on any atom is 0.351 e. The number of rotatable bonds is 8. The van der Waals surface area contributed by atoms with E-state index in [0.717, 1.165) is 6.26 Å². The van der Waals surface area contributed by atoms with Crippen molar-refractivity contribution in [3.05, 3.63) is 58.6 Å². The minimum absolute atomic E-state index is 0.0426. The van der Waals surface area contributed by atoms with Crippen molar-refractivity contribution in [2.24, 2.45) is 0 Å². The number of aromatic nitrogens is 2. The molecule has 0 unspecified atom stereocenters. The molecule has 10 nitrogen and oxygen atoms in total. The number of ether oxygens (including phenoxy) is 1. The van der Waals surface area contributed by atoms with Crippen molar-refractivity contribution in [2.75, 3.05) is 18.2 Å². The van der Waals surface area contributed by atoms with Gasteiger partial charge in [0.2, 0.25) is 0 Å². The lowest BCUT2D eigenvalue weighted by atomic mass is 10.2. The van der Waals surface area contributed by atoms with Crippen LogP contribution in [0.5, 0.6) is 0 Å². The fraction of sp³-hybridized carbons (Fsp3) is 0.522. The Labute approximate surface area is 206 Å². The van der Waals surface area contributed by atoms with E-state index in [1.54, 1.807) is 30.3 Å². The highest BCUT2D eigenvalue weighted by atomic mass is 32.2. The van der Waals surface area contributed by atoms with Crippen molar-refractivity contribution in [2.45, 2.75) is 63.8 Å². The van der Waals surface area contributed by atoms with Gasteiger partial charge < -0.3 is 14.5 Å². The van der Waals surface area contributed by atoms with Crippen LogP contribution < -0.4 is 11.0 Å². The number of nitrogens with zero attached hydrogens (tertiary/aromatic N) is 2. The molecule has 1 aliphatic rings. The highest BCUT2D eigenvalue weighted by molar-refractivity contribution is 7.86. The lowest BCUT2D eigenvalue weighted by Crippen LogP contribution is -2.44. The predicted molar refractivity (Wildman–Crippen MR) is 134 cm³/mol. The lowest BCUT2D eigenvalue weighted by molar-refractivity contribution is -0.0386. The molecule has 2 heterocycles. The minimum atomic E-state index is -3.76. The van der Waals surface area contributed by atoms with E-state index in [1.807, 2.05) is 0 Å². The average Bonchev–Trinajstić information content (AvgIpc) is 3.12. The molecule has 192 valence electrons. The van der Waals surface area contributed by atoms with Crippen LogP contribution in [0.1, 0.15) is 43.8 Å². The number of carbonyl (C=O) groups is 1. The summed E-state index contributed by atoms with van der Waals surface area (Å²) < 4.78 is 42.5. The molecule has 3 rings (SSSR count). The Kier molecular flexibility index (Phi) is 8.01. The van der Waals surface area contributed by atoms with Crippen LogP contribution in [0.2, 0.25) is 18.1 Å². The SMILES string of the molecule is CC(C)(C)[Si](C)(C)OC[C@H]1O[C@H](n2ccc(NC(=O)c3ccccc3)nc2=O)C[C@@H]1OS(C)(=O)=O. The van der Waals surface area contributed by atoms with Crippen LogP contribution in [0, 0.1) is 0 Å². The van der Waals surface area contributed by atoms with E-state index < -0.39 is 48.5 Å². The monoisotopic (exact) mass is 523 g/mol. The summed E-state index contributed by atoms with van der Waals surface area (Å²) in [5.41, 5.74) is -0.215. The largest absolute Gasteiger partial charge is 0.414 e. The van der Waals surface area contributed by atoms with E-state index in [-0.39, 0.29) is 23.9 Å². The predicted octanol–water partition coefficient (Wildman–Crippen LogP) is 3.15. The molecule has 35 heavy (non-hydrogen) atoms. The van der Waals surface area contributed by atoms with Gasteiger partial charge in [-0.3, -0.25) is 13.5 Å². The summed E-state index contributed by atoms with van der Waals surface area (Å²) in [4.78, 5) is 29.0. The Bertz CT molecular complexity index is 1210. The number of carbonyl (C=O) groups excluding carboxylic acids is 1. The molecule has 0 bridgehead atoms. The molecule has 1 aromatic carbocycles. The van der Waals surface area contributed by atoms with E-state index in [2.05, 4.69) is 44.2 Å². The molecule has 1 N–H and O–H groups in total. The summed E-state index contributed by atoms with van der Waals surface area (Å²) in [7, 11) is -5.89. The normalized spacial score (nSPS) is 21.1. The third-order valence-corrected chi connectivity index (χ3v) is 11.4. The van der Waals surface area contributed by atoms with Crippen molar-refractivity contribution in [3.63, 3.8) is 0 Å². The molecule has 0 radical (unpaired) electrons. The van der Waals surface area contributed by atoms with Crippen molar-refractivity contribution in [1.29, 1.82) is 0 Å². The summed E-state index contributed by atoms with van der Waals surface area (Å²) in [5, 5.41) is 2.55. The van der Waals surface area contributed by atoms with Crippen LogP contribution in [0.3, 0.4) is 0 Å². The highest BCUT2D eigenvalue weighted by Gasteiger charge is 2.43. The summed E-state index contributed by atoms with van der Waals surface area (Å²) >= 11 is 0. The summed E-state index contributed by atoms with van der Waals surface area (Å²) in [6.45, 7) is 10.6. The number of nitrogens with one attached hydrogen (secondary N) is 1. The van der Waals surface area contributed by atoms with E-state index >= 15 is 0 Å². The van der Waals surface area contributed by atoms with Gasteiger partial charge in [0.1, 0.15) is 24.3 Å². The zero-order valence-corrected chi connectivity index (χ0v) is 22.7. The van der Waals surface area contributed by atoms with E-state index in [9.17, 15) is 18.0 Å². The van der Waals surface area contributed by atoms with E-state index in [0.29, 0.717) is 5.56 Å². The molecule has 12 heteroatoms. The van der Waals surface area contributed by atoms with Gasteiger partial charge in [-0.25, -0.2) is 4.79 Å². The first-order valence-corrected chi connectivity index (χ1v) is 16.0. The van der Waals surface area contributed by atoms with Crippen molar-refractivity contribution in [1.82, 2.24) is 9.55 Å². The molecule has 1 aliphatic heterocycles. The van der Waals surface area contributed by atoms with Gasteiger partial charge in [-0.1, -0.05) is 39.0 Å². The molecule has 1 amide bonds. The average molecular weight is 524 g/mol. The van der Waals surface area contributed by atoms with Crippen LogP contribution in [-0.4, -0.2) is 57.3 Å². The molecule has 1 saturated heterocycles. The maximum absolute atomic E-state index is 12.7. The summed E-state index contributed by atoms with van der Waals surface area (Å²) in [5.74, 6) is -0.295. The Morgan fingerprint density at radius 2 is 1.89 bits per heavy atom. The molecular weight excluding hydrogens is 490 g/mol. The first-order chi connectivity index (χ1) is 16.2. The Morgan fingerprint density at radius 3 is 2.46 bits per heavy atom. The molecule has 0 spiro atoms. The number of hydrogen-bond donors (Lipinski definition) is 1. The number of amides is 1. The number of benzene rings is 1. The highest BCUT2D eigenvalue weighted by Crippen LogP contribution is 2.38. The maximum atomic E-state index is 12.7.